The van der Waals surface area contributed by atoms with Crippen LogP contribution in [0.1, 0.15) is 22.6 Å². The highest BCUT2D eigenvalue weighted by atomic mass is 32.2. The number of sulfonamides is 1. The van der Waals surface area contributed by atoms with Crippen LogP contribution >= 0.6 is 0 Å². The molecule has 0 fully saturated rings. The lowest BCUT2D eigenvalue weighted by molar-refractivity contribution is 0.392. The molecule has 0 saturated heterocycles. The van der Waals surface area contributed by atoms with Gasteiger partial charge >= 0.3 is 0 Å². The van der Waals surface area contributed by atoms with Gasteiger partial charge in [0.25, 0.3) is 0 Å². The number of benzene rings is 1. The number of nitrogens with zero attached hydrogens (tertiary/aromatic N) is 1. The van der Waals surface area contributed by atoms with Crippen LogP contribution < -0.4 is 4.72 Å². The molecular weight excluding hydrogens is 283 g/mol. The van der Waals surface area contributed by atoms with Crippen molar-refractivity contribution < 1.29 is 17.3 Å². The van der Waals surface area contributed by atoms with Crippen LogP contribution in [0.5, 0.6) is 0 Å². The molecule has 1 aromatic carbocycles. The van der Waals surface area contributed by atoms with Crippen LogP contribution in [0.3, 0.4) is 0 Å². The first-order chi connectivity index (χ1) is 9.39. The van der Waals surface area contributed by atoms with Crippen molar-refractivity contribution >= 4 is 10.0 Å². The molecule has 0 unspecified atom stereocenters. The average molecular weight is 298 g/mol. The van der Waals surface area contributed by atoms with E-state index in [1.165, 1.54) is 18.2 Å². The van der Waals surface area contributed by atoms with Crippen molar-refractivity contribution in [2.24, 2.45) is 0 Å². The van der Waals surface area contributed by atoms with Gasteiger partial charge < -0.3 is 4.52 Å². The van der Waals surface area contributed by atoms with E-state index in [1.54, 1.807) is 19.9 Å². The van der Waals surface area contributed by atoms with Crippen molar-refractivity contribution in [3.8, 4) is 0 Å². The Morgan fingerprint density at radius 2 is 2.00 bits per heavy atom. The lowest BCUT2D eigenvalue weighted by Crippen LogP contribution is -2.25. The van der Waals surface area contributed by atoms with E-state index in [0.717, 1.165) is 0 Å². The van der Waals surface area contributed by atoms with E-state index in [4.69, 9.17) is 4.52 Å². The standard InChI is InChI=1S/C13H15FN2O3S/c1-9-12(10(2)19-16-9)7-15-20(17,18)8-11-5-3-4-6-13(11)14/h3-6,15H,7-8H2,1-2H3. The van der Waals surface area contributed by atoms with Crippen molar-refractivity contribution in [3.63, 3.8) is 0 Å². The number of halogens is 1. The van der Waals surface area contributed by atoms with Gasteiger partial charge in [0.15, 0.2) is 0 Å². The highest BCUT2D eigenvalue weighted by Crippen LogP contribution is 2.14. The first kappa shape index (κ1) is 14.7. The minimum atomic E-state index is -3.63. The molecule has 0 aliphatic heterocycles. The van der Waals surface area contributed by atoms with Crippen molar-refractivity contribution in [1.29, 1.82) is 0 Å². The maximum absolute atomic E-state index is 13.4. The number of rotatable bonds is 5. The molecule has 1 heterocycles. The van der Waals surface area contributed by atoms with Crippen LogP contribution in [0.15, 0.2) is 28.8 Å². The van der Waals surface area contributed by atoms with Gasteiger partial charge in [-0.2, -0.15) is 0 Å². The monoisotopic (exact) mass is 298 g/mol. The molecule has 7 heteroatoms. The van der Waals surface area contributed by atoms with Crippen molar-refractivity contribution in [1.82, 2.24) is 9.88 Å². The quantitative estimate of drug-likeness (QED) is 0.917. The summed E-state index contributed by atoms with van der Waals surface area (Å²) in [5.41, 5.74) is 1.47. The van der Waals surface area contributed by atoms with Gasteiger partial charge in [0.05, 0.1) is 11.4 Å². The van der Waals surface area contributed by atoms with Gasteiger partial charge in [-0.05, 0) is 19.9 Å². The molecule has 2 aromatic rings. The van der Waals surface area contributed by atoms with Crippen LogP contribution in [-0.4, -0.2) is 13.6 Å². The third-order valence-corrected chi connectivity index (χ3v) is 4.23. The molecule has 0 aliphatic carbocycles. The summed E-state index contributed by atoms with van der Waals surface area (Å²) in [7, 11) is -3.63. The fourth-order valence-electron chi connectivity index (χ4n) is 1.81. The lowest BCUT2D eigenvalue weighted by Gasteiger charge is -2.07. The summed E-state index contributed by atoms with van der Waals surface area (Å²) in [6.45, 7) is 3.52. The lowest BCUT2D eigenvalue weighted by atomic mass is 10.2. The molecule has 0 aliphatic rings. The number of hydrogen-bond acceptors (Lipinski definition) is 4. The Morgan fingerprint density at radius 1 is 1.30 bits per heavy atom. The van der Waals surface area contributed by atoms with Crippen molar-refractivity contribution in [2.45, 2.75) is 26.1 Å². The molecule has 0 saturated carbocycles. The third kappa shape index (κ3) is 3.43. The van der Waals surface area contributed by atoms with Crippen LogP contribution in [0.2, 0.25) is 0 Å². The van der Waals surface area contributed by atoms with E-state index >= 15 is 0 Å². The fourth-order valence-corrected chi connectivity index (χ4v) is 2.92. The zero-order valence-electron chi connectivity index (χ0n) is 11.2. The maximum Gasteiger partial charge on any atom is 0.216 e. The Labute approximate surface area is 116 Å². The molecular formula is C13H15FN2O3S. The smallest absolute Gasteiger partial charge is 0.216 e. The van der Waals surface area contributed by atoms with E-state index in [9.17, 15) is 12.8 Å². The zero-order valence-corrected chi connectivity index (χ0v) is 12.0. The van der Waals surface area contributed by atoms with Gasteiger partial charge in [-0.1, -0.05) is 23.4 Å². The van der Waals surface area contributed by atoms with E-state index in [-0.39, 0.29) is 12.1 Å². The Kier molecular flexibility index (Phi) is 4.20. The summed E-state index contributed by atoms with van der Waals surface area (Å²) >= 11 is 0. The topological polar surface area (TPSA) is 72.2 Å². The second-order valence-corrected chi connectivity index (χ2v) is 6.28. The molecule has 1 aromatic heterocycles. The fraction of sp³-hybridized carbons (Fsp3) is 0.308. The average Bonchev–Trinajstić information content (AvgIpc) is 2.69. The molecule has 2 rings (SSSR count). The molecule has 1 N–H and O–H groups in total. The van der Waals surface area contributed by atoms with Gasteiger partial charge in [0.1, 0.15) is 11.6 Å². The minimum absolute atomic E-state index is 0.0813. The predicted octanol–water partition coefficient (Wildman–Crippen LogP) is 2.05. The molecule has 0 radical (unpaired) electrons. The van der Waals surface area contributed by atoms with Gasteiger partial charge in [0.2, 0.25) is 10.0 Å². The van der Waals surface area contributed by atoms with Gasteiger partial charge in [-0.15, -0.1) is 0 Å². The first-order valence-electron chi connectivity index (χ1n) is 6.01. The number of hydrogen-bond donors (Lipinski definition) is 1. The Morgan fingerprint density at radius 3 is 2.60 bits per heavy atom. The zero-order chi connectivity index (χ0) is 14.8. The Balaban J connectivity index is 2.07. The van der Waals surface area contributed by atoms with Crippen molar-refractivity contribution in [3.05, 3.63) is 52.7 Å². The Hall–Kier alpha value is -1.73. The van der Waals surface area contributed by atoms with E-state index in [2.05, 4.69) is 9.88 Å². The second kappa shape index (κ2) is 5.72. The first-order valence-corrected chi connectivity index (χ1v) is 7.67. The predicted molar refractivity (Wildman–Crippen MR) is 71.8 cm³/mol. The molecule has 0 atom stereocenters. The van der Waals surface area contributed by atoms with E-state index in [0.29, 0.717) is 17.0 Å². The number of aromatic nitrogens is 1. The van der Waals surface area contributed by atoms with E-state index in [1.807, 2.05) is 0 Å². The largest absolute Gasteiger partial charge is 0.361 e. The SMILES string of the molecule is Cc1noc(C)c1CNS(=O)(=O)Cc1ccccc1F. The van der Waals surface area contributed by atoms with Crippen LogP contribution in [-0.2, 0) is 22.3 Å². The molecule has 5 nitrogen and oxygen atoms in total. The van der Waals surface area contributed by atoms with Crippen LogP contribution in [0.4, 0.5) is 4.39 Å². The summed E-state index contributed by atoms with van der Waals surface area (Å²) in [5, 5.41) is 3.75. The second-order valence-electron chi connectivity index (χ2n) is 4.47. The third-order valence-electron chi connectivity index (χ3n) is 2.95. The van der Waals surface area contributed by atoms with Gasteiger partial charge in [0, 0.05) is 17.7 Å². The molecule has 0 amide bonds. The van der Waals surface area contributed by atoms with Crippen molar-refractivity contribution in [2.75, 3.05) is 0 Å². The Bertz CT molecular complexity index is 691. The number of nitrogens with one attached hydrogen (secondary N) is 1. The molecule has 0 spiro atoms. The minimum Gasteiger partial charge on any atom is -0.361 e. The van der Waals surface area contributed by atoms with Gasteiger partial charge in [-0.25, -0.2) is 17.5 Å². The van der Waals surface area contributed by atoms with Crippen LogP contribution in [0, 0.1) is 19.7 Å². The number of aryl methyl sites for hydroxylation is 2. The summed E-state index contributed by atoms with van der Waals surface area (Å²) in [6, 6.07) is 5.80. The molecule has 0 bridgehead atoms. The summed E-state index contributed by atoms with van der Waals surface area (Å²) in [4.78, 5) is 0. The highest BCUT2D eigenvalue weighted by Gasteiger charge is 2.16. The summed E-state index contributed by atoms with van der Waals surface area (Å²) in [5.74, 6) is -0.366. The normalized spacial score (nSPS) is 11.8. The summed E-state index contributed by atoms with van der Waals surface area (Å²) in [6.07, 6.45) is 0. The maximum atomic E-state index is 13.4. The van der Waals surface area contributed by atoms with E-state index < -0.39 is 21.6 Å². The molecule has 20 heavy (non-hydrogen) atoms. The van der Waals surface area contributed by atoms with Crippen LogP contribution in [0.25, 0.3) is 0 Å². The van der Waals surface area contributed by atoms with Gasteiger partial charge in [-0.3, -0.25) is 0 Å². The highest BCUT2D eigenvalue weighted by molar-refractivity contribution is 7.88. The molecule has 108 valence electrons. The summed E-state index contributed by atoms with van der Waals surface area (Å²) < 4.78 is 44.7.